The van der Waals surface area contributed by atoms with E-state index in [9.17, 15) is 8.42 Å². The maximum Gasteiger partial charge on any atom is 0.284 e. The van der Waals surface area contributed by atoms with Gasteiger partial charge in [0.1, 0.15) is 5.84 Å². The minimum absolute atomic E-state index is 0.137. The molecule has 0 radical (unpaired) electrons. The highest BCUT2D eigenvalue weighted by molar-refractivity contribution is 7.90. The molecule has 0 saturated carbocycles. The van der Waals surface area contributed by atoms with Crippen LogP contribution in [0.2, 0.25) is 5.02 Å². The van der Waals surface area contributed by atoms with Crippen LogP contribution in [-0.4, -0.2) is 50.2 Å². The van der Waals surface area contributed by atoms with Crippen LogP contribution in [0.1, 0.15) is 39.3 Å². The molecule has 0 aromatic heterocycles. The quantitative estimate of drug-likeness (QED) is 0.417. The molecule has 2 rings (SSSR count). The van der Waals surface area contributed by atoms with Crippen molar-refractivity contribution in [3.8, 4) is 0 Å². The predicted molar refractivity (Wildman–Crippen MR) is 121 cm³/mol. The molecule has 0 amide bonds. The van der Waals surface area contributed by atoms with Crippen molar-refractivity contribution in [2.75, 3.05) is 26.2 Å². The summed E-state index contributed by atoms with van der Waals surface area (Å²) in [4.78, 5) is 4.38. The molecule has 7 heteroatoms. The number of sulfonamides is 1. The Morgan fingerprint density at radius 2 is 1.45 bits per heavy atom. The van der Waals surface area contributed by atoms with Crippen LogP contribution < -0.4 is 0 Å². The van der Waals surface area contributed by atoms with E-state index in [0.29, 0.717) is 23.9 Å². The average Bonchev–Trinajstić information content (AvgIpc) is 2.73. The Morgan fingerprint density at radius 1 is 0.897 bits per heavy atom. The number of hydrogen-bond donors (Lipinski definition) is 0. The molecule has 2 aromatic rings. The lowest BCUT2D eigenvalue weighted by Gasteiger charge is -2.36. The minimum atomic E-state index is -3.88. The van der Waals surface area contributed by atoms with E-state index in [0.717, 1.165) is 18.7 Å². The Kier molecular flexibility index (Phi) is 8.68. The summed E-state index contributed by atoms with van der Waals surface area (Å²) in [5, 5.41) is 0.488. The fourth-order valence-electron chi connectivity index (χ4n) is 3.36. The predicted octanol–water partition coefficient (Wildman–Crippen LogP) is 4.85. The molecular formula is C22H30ClN3O2S. The highest BCUT2D eigenvalue weighted by atomic mass is 35.5. The van der Waals surface area contributed by atoms with Crippen molar-refractivity contribution < 1.29 is 8.42 Å². The van der Waals surface area contributed by atoms with E-state index < -0.39 is 10.0 Å². The monoisotopic (exact) mass is 435 g/mol. The maximum absolute atomic E-state index is 13.1. The first-order valence-corrected chi connectivity index (χ1v) is 11.8. The summed E-state index contributed by atoms with van der Waals surface area (Å²) in [5.41, 5.74) is 1.02. The van der Waals surface area contributed by atoms with Crippen molar-refractivity contribution in [1.29, 1.82) is 0 Å². The number of amidine groups is 1. The highest BCUT2D eigenvalue weighted by Crippen LogP contribution is 2.26. The number of rotatable bonds is 9. The van der Waals surface area contributed by atoms with Gasteiger partial charge in [0, 0.05) is 18.1 Å². The summed E-state index contributed by atoms with van der Waals surface area (Å²) in [7, 11) is -3.88. The van der Waals surface area contributed by atoms with Crippen molar-refractivity contribution in [3.05, 3.63) is 65.2 Å². The zero-order chi connectivity index (χ0) is 21.4. The molecule has 0 fully saturated rings. The maximum atomic E-state index is 13.1. The van der Waals surface area contributed by atoms with Gasteiger partial charge in [-0.25, -0.2) is 0 Å². The topological polar surface area (TPSA) is 53.0 Å². The zero-order valence-electron chi connectivity index (χ0n) is 17.5. The van der Waals surface area contributed by atoms with Gasteiger partial charge in [0.2, 0.25) is 0 Å². The molecule has 1 atom stereocenters. The number of benzene rings is 2. The zero-order valence-corrected chi connectivity index (χ0v) is 19.1. The van der Waals surface area contributed by atoms with Gasteiger partial charge in [-0.3, -0.25) is 4.90 Å². The third-order valence-electron chi connectivity index (χ3n) is 4.95. The van der Waals surface area contributed by atoms with E-state index in [4.69, 9.17) is 11.6 Å². The van der Waals surface area contributed by atoms with Crippen LogP contribution >= 0.6 is 11.6 Å². The lowest BCUT2D eigenvalue weighted by molar-refractivity contribution is 0.252. The molecule has 0 N–H and O–H groups in total. The van der Waals surface area contributed by atoms with Gasteiger partial charge < -0.3 is 4.90 Å². The van der Waals surface area contributed by atoms with Gasteiger partial charge in [-0.2, -0.15) is 8.42 Å². The van der Waals surface area contributed by atoms with E-state index in [-0.39, 0.29) is 10.9 Å². The second-order valence-electron chi connectivity index (χ2n) is 6.59. The summed E-state index contributed by atoms with van der Waals surface area (Å²) in [6.07, 6.45) is 0. The Bertz CT molecular complexity index is 891. The molecule has 0 aliphatic rings. The number of halogens is 1. The van der Waals surface area contributed by atoms with Gasteiger partial charge in [0.05, 0.1) is 10.9 Å². The SMILES string of the molecule is CCN(CC)/C(=N\S(=O)(=O)c1ccc(Cl)cc1)C(c1ccccc1)N(CC)CC. The molecule has 2 aromatic carbocycles. The molecule has 0 bridgehead atoms. The second-order valence-corrected chi connectivity index (χ2v) is 8.63. The average molecular weight is 436 g/mol. The highest BCUT2D eigenvalue weighted by Gasteiger charge is 2.29. The van der Waals surface area contributed by atoms with Gasteiger partial charge in [0.15, 0.2) is 0 Å². The summed E-state index contributed by atoms with van der Waals surface area (Å²) in [5.74, 6) is 0.542. The Hall–Kier alpha value is -1.89. The molecule has 0 aliphatic heterocycles. The summed E-state index contributed by atoms with van der Waals surface area (Å²) >= 11 is 5.93. The van der Waals surface area contributed by atoms with E-state index in [1.807, 2.05) is 49.1 Å². The fourth-order valence-corrected chi connectivity index (χ4v) is 4.53. The van der Waals surface area contributed by atoms with Gasteiger partial charge in [-0.05, 0) is 56.8 Å². The van der Waals surface area contributed by atoms with E-state index >= 15 is 0 Å². The van der Waals surface area contributed by atoms with E-state index in [2.05, 4.69) is 23.1 Å². The molecule has 29 heavy (non-hydrogen) atoms. The normalized spacial score (nSPS) is 13.5. The van der Waals surface area contributed by atoms with Crippen molar-refractivity contribution in [3.63, 3.8) is 0 Å². The van der Waals surface area contributed by atoms with E-state index in [1.165, 1.54) is 12.1 Å². The minimum Gasteiger partial charge on any atom is -0.358 e. The number of hydrogen-bond acceptors (Lipinski definition) is 3. The van der Waals surface area contributed by atoms with Crippen LogP contribution in [0.15, 0.2) is 63.9 Å². The van der Waals surface area contributed by atoms with Gasteiger partial charge >= 0.3 is 0 Å². The molecule has 0 aliphatic carbocycles. The molecular weight excluding hydrogens is 406 g/mol. The molecule has 0 spiro atoms. The first-order valence-electron chi connectivity index (χ1n) is 10.0. The van der Waals surface area contributed by atoms with Crippen LogP contribution in [0, 0.1) is 0 Å². The number of nitrogens with zero attached hydrogens (tertiary/aromatic N) is 3. The Balaban J connectivity index is 2.68. The largest absolute Gasteiger partial charge is 0.358 e. The molecule has 0 heterocycles. The van der Waals surface area contributed by atoms with Crippen LogP contribution in [0.5, 0.6) is 0 Å². The van der Waals surface area contributed by atoms with Crippen molar-refractivity contribution >= 4 is 27.5 Å². The third kappa shape index (κ3) is 5.81. The lowest BCUT2D eigenvalue weighted by atomic mass is 10.0. The smallest absolute Gasteiger partial charge is 0.284 e. The first kappa shape index (κ1) is 23.4. The molecule has 158 valence electrons. The van der Waals surface area contributed by atoms with E-state index in [1.54, 1.807) is 12.1 Å². The first-order chi connectivity index (χ1) is 13.9. The van der Waals surface area contributed by atoms with Gasteiger partial charge in [0.25, 0.3) is 10.0 Å². The second kappa shape index (κ2) is 10.8. The third-order valence-corrected chi connectivity index (χ3v) is 6.50. The van der Waals surface area contributed by atoms with Crippen molar-refractivity contribution in [2.45, 2.75) is 38.6 Å². The molecule has 0 saturated heterocycles. The summed E-state index contributed by atoms with van der Waals surface area (Å²) in [6.45, 7) is 11.1. The lowest BCUT2D eigenvalue weighted by Crippen LogP contribution is -2.43. The van der Waals surface area contributed by atoms with Crippen LogP contribution in [0.3, 0.4) is 0 Å². The molecule has 1 unspecified atom stereocenters. The van der Waals surface area contributed by atoms with Crippen LogP contribution in [0.25, 0.3) is 0 Å². The van der Waals surface area contributed by atoms with Gasteiger partial charge in [-0.15, -0.1) is 4.40 Å². The standard InChI is InChI=1S/C22H30ClN3O2S/c1-5-25(6-2)21(18-12-10-9-11-13-18)22(26(7-3)8-4)24-29(27,28)20-16-14-19(23)15-17-20/h9-17,21H,5-8H2,1-4H3/b24-22-. The van der Waals surface area contributed by atoms with Gasteiger partial charge in [-0.1, -0.05) is 55.8 Å². The fraction of sp³-hybridized carbons (Fsp3) is 0.409. The number of likely N-dealkylation sites (N-methyl/N-ethyl adjacent to an activating group) is 2. The Morgan fingerprint density at radius 3 is 1.93 bits per heavy atom. The Labute approximate surface area is 180 Å². The van der Waals surface area contributed by atoms with Crippen molar-refractivity contribution in [2.24, 2.45) is 4.40 Å². The van der Waals surface area contributed by atoms with Crippen LogP contribution in [0.4, 0.5) is 0 Å². The van der Waals surface area contributed by atoms with Crippen molar-refractivity contribution in [1.82, 2.24) is 9.80 Å². The summed E-state index contributed by atoms with van der Waals surface area (Å²) < 4.78 is 30.7. The van der Waals surface area contributed by atoms with Crippen LogP contribution in [-0.2, 0) is 10.0 Å². The summed E-state index contributed by atoms with van der Waals surface area (Å²) in [6, 6.07) is 15.8. The molecule has 5 nitrogen and oxygen atoms in total.